The van der Waals surface area contributed by atoms with Crippen molar-refractivity contribution in [1.29, 1.82) is 0 Å². The van der Waals surface area contributed by atoms with Gasteiger partial charge in [0.05, 0.1) is 14.2 Å². The maximum atomic E-state index is 12.7. The quantitative estimate of drug-likeness (QED) is 0.764. The number of nitrogens with one attached hydrogen (secondary N) is 1. The molecule has 0 bridgehead atoms. The predicted octanol–water partition coefficient (Wildman–Crippen LogP) is 3.75. The molecule has 0 aromatic heterocycles. The van der Waals surface area contributed by atoms with Crippen LogP contribution in [0.1, 0.15) is 36.8 Å². The van der Waals surface area contributed by atoms with Crippen LogP contribution in [0.5, 0.6) is 17.2 Å². The first-order chi connectivity index (χ1) is 15.1. The molecule has 1 aliphatic carbocycles. The molecule has 31 heavy (non-hydrogen) atoms. The summed E-state index contributed by atoms with van der Waals surface area (Å²) in [6.45, 7) is 0.739. The Morgan fingerprint density at radius 2 is 1.94 bits per heavy atom. The number of hydrogen-bond donors (Lipinski definition) is 1. The third kappa shape index (κ3) is 4.76. The van der Waals surface area contributed by atoms with Crippen molar-refractivity contribution in [1.82, 2.24) is 4.90 Å². The van der Waals surface area contributed by atoms with Crippen LogP contribution < -0.4 is 19.5 Å². The van der Waals surface area contributed by atoms with E-state index in [2.05, 4.69) is 5.32 Å². The highest BCUT2D eigenvalue weighted by Crippen LogP contribution is 2.31. The van der Waals surface area contributed by atoms with Crippen molar-refractivity contribution in [3.05, 3.63) is 47.5 Å². The summed E-state index contributed by atoms with van der Waals surface area (Å²) in [5.74, 6) is 2.08. The average molecular weight is 424 g/mol. The second-order valence-corrected chi connectivity index (χ2v) is 8.01. The smallest absolute Gasteiger partial charge is 0.261 e. The highest BCUT2D eigenvalue weighted by Gasteiger charge is 2.25. The number of carbonyl (C=O) groups excluding carboxylic acids is 2. The minimum Gasteiger partial charge on any atom is -0.497 e. The molecule has 1 fully saturated rings. The van der Waals surface area contributed by atoms with E-state index in [0.717, 1.165) is 42.5 Å². The molecule has 2 aliphatic rings. The van der Waals surface area contributed by atoms with Crippen LogP contribution >= 0.6 is 0 Å². The van der Waals surface area contributed by atoms with E-state index in [-0.39, 0.29) is 24.3 Å². The summed E-state index contributed by atoms with van der Waals surface area (Å²) in [4.78, 5) is 26.9. The van der Waals surface area contributed by atoms with Gasteiger partial charge in [0, 0.05) is 41.9 Å². The number of fused-ring (bicyclic) bond motifs is 1. The van der Waals surface area contributed by atoms with E-state index < -0.39 is 0 Å². The Morgan fingerprint density at radius 1 is 1.13 bits per heavy atom. The predicted molar refractivity (Wildman–Crippen MR) is 116 cm³/mol. The number of anilines is 1. The lowest BCUT2D eigenvalue weighted by Crippen LogP contribution is -2.32. The number of amides is 2. The van der Waals surface area contributed by atoms with E-state index in [1.54, 1.807) is 25.2 Å². The topological polar surface area (TPSA) is 77.1 Å². The van der Waals surface area contributed by atoms with Gasteiger partial charge in [0.15, 0.2) is 6.61 Å². The van der Waals surface area contributed by atoms with Gasteiger partial charge in [-0.1, -0.05) is 12.8 Å². The maximum absolute atomic E-state index is 12.7. The first-order valence-corrected chi connectivity index (χ1v) is 10.6. The highest BCUT2D eigenvalue weighted by atomic mass is 16.5. The first-order valence-electron chi connectivity index (χ1n) is 10.6. The fraction of sp³-hybridized carbons (Fsp3) is 0.417. The zero-order valence-corrected chi connectivity index (χ0v) is 18.0. The molecule has 0 unspecified atom stereocenters. The zero-order chi connectivity index (χ0) is 21.8. The minimum atomic E-state index is -0.106. The fourth-order valence-corrected chi connectivity index (χ4v) is 4.21. The summed E-state index contributed by atoms with van der Waals surface area (Å²) in [6.07, 6.45) is 4.13. The lowest BCUT2D eigenvalue weighted by molar-refractivity contribution is -0.133. The molecule has 1 saturated carbocycles. The second kappa shape index (κ2) is 9.29. The van der Waals surface area contributed by atoms with Crippen molar-refractivity contribution in [3.63, 3.8) is 0 Å². The maximum Gasteiger partial charge on any atom is 0.261 e. The van der Waals surface area contributed by atoms with Crippen molar-refractivity contribution in [2.75, 3.05) is 26.1 Å². The van der Waals surface area contributed by atoms with Crippen LogP contribution in [0, 0.1) is 5.92 Å². The molecule has 2 aromatic carbocycles. The normalized spacial score (nSPS) is 16.3. The molecule has 0 radical (unpaired) electrons. The van der Waals surface area contributed by atoms with E-state index >= 15 is 0 Å². The van der Waals surface area contributed by atoms with Crippen LogP contribution in [0.25, 0.3) is 0 Å². The monoisotopic (exact) mass is 424 g/mol. The van der Waals surface area contributed by atoms with Crippen LogP contribution in [-0.2, 0) is 22.7 Å². The standard InChI is InChI=1S/C24H28N2O5/c1-29-20-9-7-17(22(12-20)30-2)13-26-14-18-11-19(8-10-21(18)31-15-23(26)27)25-24(28)16-5-3-4-6-16/h7-12,16H,3-6,13-15H2,1-2H3,(H,25,28). The molecule has 1 N–H and O–H groups in total. The van der Waals surface area contributed by atoms with Crippen molar-refractivity contribution >= 4 is 17.5 Å². The minimum absolute atomic E-state index is 0.0285. The lowest BCUT2D eigenvalue weighted by atomic mass is 10.1. The van der Waals surface area contributed by atoms with Crippen molar-refractivity contribution in [3.8, 4) is 17.2 Å². The Kier molecular flexibility index (Phi) is 6.30. The van der Waals surface area contributed by atoms with Gasteiger partial charge in [0.25, 0.3) is 5.91 Å². The van der Waals surface area contributed by atoms with Gasteiger partial charge in [0.2, 0.25) is 5.91 Å². The first kappa shape index (κ1) is 21.0. The van der Waals surface area contributed by atoms with Crippen LogP contribution in [-0.4, -0.2) is 37.5 Å². The van der Waals surface area contributed by atoms with Gasteiger partial charge in [-0.2, -0.15) is 0 Å². The van der Waals surface area contributed by atoms with Gasteiger partial charge in [-0.25, -0.2) is 0 Å². The van der Waals surface area contributed by atoms with Gasteiger partial charge >= 0.3 is 0 Å². The Bertz CT molecular complexity index is 968. The summed E-state index contributed by atoms with van der Waals surface area (Å²) in [5.41, 5.74) is 2.48. The number of benzene rings is 2. The van der Waals surface area contributed by atoms with E-state index in [1.165, 1.54) is 0 Å². The van der Waals surface area contributed by atoms with Gasteiger partial charge < -0.3 is 24.4 Å². The van der Waals surface area contributed by atoms with Crippen molar-refractivity contribution < 1.29 is 23.8 Å². The third-order valence-corrected chi connectivity index (χ3v) is 5.97. The molecule has 7 heteroatoms. The second-order valence-electron chi connectivity index (χ2n) is 8.01. The Hall–Kier alpha value is -3.22. The van der Waals surface area contributed by atoms with Crippen LogP contribution in [0.3, 0.4) is 0 Å². The molecular weight excluding hydrogens is 396 g/mol. The summed E-state index contributed by atoms with van der Waals surface area (Å²) >= 11 is 0. The molecule has 4 rings (SSSR count). The molecule has 7 nitrogen and oxygen atoms in total. The zero-order valence-electron chi connectivity index (χ0n) is 18.0. The molecule has 1 heterocycles. The summed E-state index contributed by atoms with van der Waals surface area (Å²) < 4.78 is 16.5. The van der Waals surface area contributed by atoms with Crippen molar-refractivity contribution in [2.24, 2.45) is 5.92 Å². The van der Waals surface area contributed by atoms with E-state index in [9.17, 15) is 9.59 Å². The average Bonchev–Trinajstić information content (AvgIpc) is 3.28. The third-order valence-electron chi connectivity index (χ3n) is 5.97. The van der Waals surface area contributed by atoms with Crippen LogP contribution in [0.4, 0.5) is 5.69 Å². The highest BCUT2D eigenvalue weighted by molar-refractivity contribution is 5.93. The lowest BCUT2D eigenvalue weighted by Gasteiger charge is -2.22. The fourth-order valence-electron chi connectivity index (χ4n) is 4.21. The summed E-state index contributed by atoms with van der Waals surface area (Å²) in [5, 5.41) is 3.03. The number of methoxy groups -OCH3 is 2. The molecule has 2 amide bonds. The molecule has 0 spiro atoms. The van der Waals surface area contributed by atoms with E-state index in [1.807, 2.05) is 30.3 Å². The number of hydrogen-bond acceptors (Lipinski definition) is 5. The molecule has 1 aliphatic heterocycles. The van der Waals surface area contributed by atoms with Crippen LogP contribution in [0.15, 0.2) is 36.4 Å². The van der Waals surface area contributed by atoms with Crippen LogP contribution in [0.2, 0.25) is 0 Å². The molecule has 2 aromatic rings. The Labute approximate surface area is 182 Å². The number of nitrogens with zero attached hydrogens (tertiary/aromatic N) is 1. The summed E-state index contributed by atoms with van der Waals surface area (Å²) in [7, 11) is 3.20. The Balaban J connectivity index is 1.52. The molecule has 164 valence electrons. The largest absolute Gasteiger partial charge is 0.497 e. The molecule has 0 atom stereocenters. The SMILES string of the molecule is COc1ccc(CN2Cc3cc(NC(=O)C4CCCC4)ccc3OCC2=O)c(OC)c1. The number of ether oxygens (including phenoxy) is 3. The van der Waals surface area contributed by atoms with Gasteiger partial charge in [-0.15, -0.1) is 0 Å². The van der Waals surface area contributed by atoms with E-state index in [0.29, 0.717) is 30.3 Å². The van der Waals surface area contributed by atoms with Crippen molar-refractivity contribution in [2.45, 2.75) is 38.8 Å². The molecule has 0 saturated heterocycles. The van der Waals surface area contributed by atoms with E-state index in [4.69, 9.17) is 14.2 Å². The number of carbonyl (C=O) groups is 2. The van der Waals surface area contributed by atoms with Gasteiger partial charge in [-0.05, 0) is 43.2 Å². The summed E-state index contributed by atoms with van der Waals surface area (Å²) in [6, 6.07) is 11.1. The molecular formula is C24H28N2O5. The Morgan fingerprint density at radius 3 is 2.68 bits per heavy atom. The van der Waals surface area contributed by atoms with Gasteiger partial charge in [0.1, 0.15) is 17.2 Å². The van der Waals surface area contributed by atoms with Gasteiger partial charge in [-0.3, -0.25) is 9.59 Å². The number of rotatable bonds is 6.